The maximum absolute atomic E-state index is 6.22. The van der Waals surface area contributed by atoms with Gasteiger partial charge in [-0.15, -0.1) is 0 Å². The molecule has 1 saturated heterocycles. The number of benzene rings is 1. The molecule has 0 aliphatic carbocycles. The predicted octanol–water partition coefficient (Wildman–Crippen LogP) is 3.69. The number of hydrogen-bond acceptors (Lipinski definition) is 3. The van der Waals surface area contributed by atoms with E-state index >= 15 is 0 Å². The number of halogens is 1. The van der Waals surface area contributed by atoms with Gasteiger partial charge >= 0.3 is 0 Å². The van der Waals surface area contributed by atoms with E-state index in [1.807, 2.05) is 6.07 Å². The van der Waals surface area contributed by atoms with Crippen molar-refractivity contribution in [2.24, 2.45) is 5.92 Å². The fraction of sp³-hybridized carbons (Fsp3) is 0.600. The number of fused-ring (bicyclic) bond motifs is 1. The molecule has 0 bridgehead atoms. The van der Waals surface area contributed by atoms with Gasteiger partial charge in [0.15, 0.2) is 11.5 Å². The van der Waals surface area contributed by atoms with Gasteiger partial charge < -0.3 is 9.47 Å². The third kappa shape index (κ3) is 2.98. The Bertz CT molecular complexity index is 464. The molecular formula is C15H20ClNO2. The summed E-state index contributed by atoms with van der Waals surface area (Å²) in [5.41, 5.74) is 1.21. The molecule has 1 aromatic rings. The minimum absolute atomic E-state index is 0.278. The summed E-state index contributed by atoms with van der Waals surface area (Å²) in [6.07, 6.45) is 3.93. The number of rotatable bonds is 2. The molecule has 0 amide bonds. The first-order valence-corrected chi connectivity index (χ1v) is 7.40. The van der Waals surface area contributed by atoms with E-state index in [2.05, 4.69) is 17.9 Å². The van der Waals surface area contributed by atoms with E-state index < -0.39 is 0 Å². The Kier molecular flexibility index (Phi) is 3.85. The summed E-state index contributed by atoms with van der Waals surface area (Å²) in [5.74, 6) is 2.32. The first-order chi connectivity index (χ1) is 9.22. The van der Waals surface area contributed by atoms with Crippen LogP contribution in [0.1, 0.15) is 31.7 Å². The second-order valence-corrected chi connectivity index (χ2v) is 6.03. The van der Waals surface area contributed by atoms with Crippen LogP contribution in [-0.2, 0) is 6.54 Å². The van der Waals surface area contributed by atoms with Crippen LogP contribution < -0.4 is 9.47 Å². The molecule has 104 valence electrons. The van der Waals surface area contributed by atoms with Crippen LogP contribution in [0.4, 0.5) is 0 Å². The summed E-state index contributed by atoms with van der Waals surface area (Å²) >= 11 is 6.22. The Labute approximate surface area is 119 Å². The summed E-state index contributed by atoms with van der Waals surface area (Å²) in [6.45, 7) is 5.92. The van der Waals surface area contributed by atoms with Crippen molar-refractivity contribution in [3.05, 3.63) is 22.7 Å². The average molecular weight is 282 g/mol. The van der Waals surface area contributed by atoms with Gasteiger partial charge in [-0.25, -0.2) is 0 Å². The molecule has 19 heavy (non-hydrogen) atoms. The lowest BCUT2D eigenvalue weighted by molar-refractivity contribution is 0.174. The molecule has 0 unspecified atom stereocenters. The van der Waals surface area contributed by atoms with Gasteiger partial charge in [-0.1, -0.05) is 18.5 Å². The van der Waals surface area contributed by atoms with Crippen molar-refractivity contribution in [3.63, 3.8) is 0 Å². The molecule has 1 atom stereocenters. The fourth-order valence-corrected chi connectivity index (χ4v) is 3.14. The summed E-state index contributed by atoms with van der Waals surface area (Å²) in [6, 6.07) is 4.06. The quantitative estimate of drug-likeness (QED) is 0.825. The number of likely N-dealkylation sites (tertiary alicyclic amines) is 1. The molecule has 2 heterocycles. The van der Waals surface area contributed by atoms with Crippen molar-refractivity contribution in [1.82, 2.24) is 4.90 Å². The molecule has 2 aliphatic heterocycles. The summed E-state index contributed by atoms with van der Waals surface area (Å²) < 4.78 is 10.8. The molecule has 0 spiro atoms. The zero-order valence-corrected chi connectivity index (χ0v) is 12.1. The average Bonchev–Trinajstić information content (AvgIpc) is 2.75. The molecule has 0 saturated carbocycles. The maximum atomic E-state index is 6.22. The fourth-order valence-electron chi connectivity index (χ4n) is 2.85. The third-order valence-electron chi connectivity index (χ3n) is 4.00. The van der Waals surface area contributed by atoms with E-state index in [1.165, 1.54) is 37.9 Å². The first-order valence-electron chi connectivity index (χ1n) is 7.03. The Balaban J connectivity index is 1.71. The van der Waals surface area contributed by atoms with Gasteiger partial charge in [-0.2, -0.15) is 0 Å². The lowest BCUT2D eigenvalue weighted by atomic mass is 10.0. The Morgan fingerprint density at radius 3 is 3.05 bits per heavy atom. The van der Waals surface area contributed by atoms with Gasteiger partial charge in [-0.05, 0) is 56.0 Å². The standard InChI is InChI=1S/C15H20ClNO2/c1-11-3-2-5-17(6-4-11)9-12-7-13(16)15-14(8-12)18-10-19-15/h7-8,11H,2-6,9-10H2,1H3/t11-/m0/s1. The van der Waals surface area contributed by atoms with Crippen molar-refractivity contribution >= 4 is 11.6 Å². The van der Waals surface area contributed by atoms with E-state index in [4.69, 9.17) is 21.1 Å². The lowest BCUT2D eigenvalue weighted by Crippen LogP contribution is -2.24. The van der Waals surface area contributed by atoms with Crippen LogP contribution >= 0.6 is 11.6 Å². The van der Waals surface area contributed by atoms with Gasteiger partial charge in [0.25, 0.3) is 0 Å². The zero-order chi connectivity index (χ0) is 13.2. The molecule has 4 heteroatoms. The normalized spacial score (nSPS) is 23.4. The predicted molar refractivity (Wildman–Crippen MR) is 75.9 cm³/mol. The highest BCUT2D eigenvalue weighted by Crippen LogP contribution is 2.40. The molecule has 0 N–H and O–H groups in total. The number of hydrogen-bond donors (Lipinski definition) is 0. The van der Waals surface area contributed by atoms with Crippen LogP contribution in [0.3, 0.4) is 0 Å². The Morgan fingerprint density at radius 2 is 2.16 bits per heavy atom. The minimum atomic E-state index is 0.278. The van der Waals surface area contributed by atoms with E-state index in [-0.39, 0.29) is 6.79 Å². The van der Waals surface area contributed by atoms with Crippen molar-refractivity contribution in [2.75, 3.05) is 19.9 Å². The van der Waals surface area contributed by atoms with Gasteiger partial charge in [0.1, 0.15) is 0 Å². The molecule has 3 rings (SSSR count). The Hall–Kier alpha value is -0.930. The molecule has 3 nitrogen and oxygen atoms in total. The summed E-state index contributed by atoms with van der Waals surface area (Å²) in [4.78, 5) is 2.51. The lowest BCUT2D eigenvalue weighted by Gasteiger charge is -2.20. The number of ether oxygens (including phenoxy) is 2. The number of nitrogens with zero attached hydrogens (tertiary/aromatic N) is 1. The van der Waals surface area contributed by atoms with Crippen molar-refractivity contribution < 1.29 is 9.47 Å². The topological polar surface area (TPSA) is 21.7 Å². The summed E-state index contributed by atoms with van der Waals surface area (Å²) in [7, 11) is 0. The molecule has 1 fully saturated rings. The Morgan fingerprint density at radius 1 is 1.26 bits per heavy atom. The van der Waals surface area contributed by atoms with Crippen molar-refractivity contribution in [3.8, 4) is 11.5 Å². The minimum Gasteiger partial charge on any atom is -0.454 e. The van der Waals surface area contributed by atoms with Crippen LogP contribution in [0.2, 0.25) is 5.02 Å². The molecule has 0 aromatic heterocycles. The van der Waals surface area contributed by atoms with E-state index in [0.29, 0.717) is 10.8 Å². The van der Waals surface area contributed by atoms with Crippen LogP contribution in [-0.4, -0.2) is 24.8 Å². The summed E-state index contributed by atoms with van der Waals surface area (Å²) in [5, 5.41) is 0.660. The highest BCUT2D eigenvalue weighted by Gasteiger charge is 2.20. The van der Waals surface area contributed by atoms with E-state index in [9.17, 15) is 0 Å². The van der Waals surface area contributed by atoms with Crippen LogP contribution in [0, 0.1) is 5.92 Å². The maximum Gasteiger partial charge on any atom is 0.231 e. The van der Waals surface area contributed by atoms with Gasteiger partial charge in [0.2, 0.25) is 6.79 Å². The van der Waals surface area contributed by atoms with Crippen LogP contribution in [0.15, 0.2) is 12.1 Å². The van der Waals surface area contributed by atoms with E-state index in [1.54, 1.807) is 0 Å². The third-order valence-corrected chi connectivity index (χ3v) is 4.28. The van der Waals surface area contributed by atoms with Gasteiger partial charge in [0.05, 0.1) is 5.02 Å². The largest absolute Gasteiger partial charge is 0.454 e. The first kappa shape index (κ1) is 13.1. The highest BCUT2D eigenvalue weighted by molar-refractivity contribution is 6.32. The monoisotopic (exact) mass is 281 g/mol. The molecule has 2 aliphatic rings. The SMILES string of the molecule is C[C@H]1CCCN(Cc2cc(Cl)c3c(c2)OCO3)CC1. The molecule has 0 radical (unpaired) electrons. The van der Waals surface area contributed by atoms with Crippen molar-refractivity contribution in [1.29, 1.82) is 0 Å². The second kappa shape index (κ2) is 5.59. The molecule has 1 aromatic carbocycles. The van der Waals surface area contributed by atoms with Gasteiger partial charge in [0, 0.05) is 6.54 Å². The second-order valence-electron chi connectivity index (χ2n) is 5.62. The van der Waals surface area contributed by atoms with Crippen molar-refractivity contribution in [2.45, 2.75) is 32.7 Å². The van der Waals surface area contributed by atoms with Crippen LogP contribution in [0.5, 0.6) is 11.5 Å². The van der Waals surface area contributed by atoms with Crippen LogP contribution in [0.25, 0.3) is 0 Å². The smallest absolute Gasteiger partial charge is 0.231 e. The zero-order valence-electron chi connectivity index (χ0n) is 11.3. The van der Waals surface area contributed by atoms with E-state index in [0.717, 1.165) is 18.2 Å². The highest BCUT2D eigenvalue weighted by atomic mass is 35.5. The molecular weight excluding hydrogens is 262 g/mol. The van der Waals surface area contributed by atoms with Gasteiger partial charge in [-0.3, -0.25) is 4.90 Å².